The summed E-state index contributed by atoms with van der Waals surface area (Å²) in [4.78, 5) is 37.8. The lowest BCUT2D eigenvalue weighted by Crippen LogP contribution is -2.67. The molecule has 1 heterocycles. The maximum absolute atomic E-state index is 13.6. The third-order valence-electron chi connectivity index (χ3n) is 5.62. The number of hydrogen-bond donors (Lipinski definition) is 2. The number of allylic oxidation sites excluding steroid dienone is 1. The van der Waals surface area contributed by atoms with Crippen LogP contribution in [0.5, 0.6) is 0 Å². The van der Waals surface area contributed by atoms with Gasteiger partial charge in [-0.2, -0.15) is 5.26 Å². The zero-order valence-corrected chi connectivity index (χ0v) is 21.6. The Kier molecular flexibility index (Phi) is 10.5. The Morgan fingerprint density at radius 2 is 1.92 bits per heavy atom. The van der Waals surface area contributed by atoms with Crippen LogP contribution in [0.4, 0.5) is 5.69 Å². The third kappa shape index (κ3) is 6.82. The van der Waals surface area contributed by atoms with Crippen LogP contribution in [0.3, 0.4) is 0 Å². The number of nitrogens with one attached hydrogen (secondary N) is 1. The van der Waals surface area contributed by atoms with Crippen molar-refractivity contribution in [1.82, 2.24) is 5.32 Å². The highest BCUT2D eigenvalue weighted by Gasteiger charge is 2.59. The molecule has 0 spiro atoms. The van der Waals surface area contributed by atoms with E-state index in [9.17, 15) is 24.8 Å². The molecule has 0 unspecified atom stereocenters. The Balaban J connectivity index is 2.84. The summed E-state index contributed by atoms with van der Waals surface area (Å²) < 4.78 is 22.1. The molecule has 12 heteroatoms. The third-order valence-corrected chi connectivity index (χ3v) is 5.62. The van der Waals surface area contributed by atoms with E-state index >= 15 is 0 Å². The van der Waals surface area contributed by atoms with Gasteiger partial charge in [-0.15, -0.1) is 0 Å². The number of nitro groups is 1. The molecule has 2 N–H and O–H groups in total. The quantitative estimate of drug-likeness (QED) is 0.137. The highest BCUT2D eigenvalue weighted by Crippen LogP contribution is 2.46. The van der Waals surface area contributed by atoms with Gasteiger partial charge < -0.3 is 29.4 Å². The summed E-state index contributed by atoms with van der Waals surface area (Å²) in [6, 6.07) is 7.28. The van der Waals surface area contributed by atoms with Crippen molar-refractivity contribution in [2.24, 2.45) is 5.92 Å². The zero-order chi connectivity index (χ0) is 27.8. The second kappa shape index (κ2) is 13.1. The summed E-state index contributed by atoms with van der Waals surface area (Å²) in [6.07, 6.45) is -2.02. The zero-order valence-electron chi connectivity index (χ0n) is 21.6. The van der Waals surface area contributed by atoms with E-state index in [0.717, 1.165) is 0 Å². The molecular formula is C25H33N3O9. The van der Waals surface area contributed by atoms with Crippen LogP contribution in [-0.4, -0.2) is 59.9 Å². The van der Waals surface area contributed by atoms with Crippen LogP contribution in [0.15, 0.2) is 35.5 Å². The van der Waals surface area contributed by atoms with Gasteiger partial charge in [0.05, 0.1) is 29.1 Å². The van der Waals surface area contributed by atoms with Gasteiger partial charge in [-0.1, -0.05) is 12.1 Å². The predicted molar refractivity (Wildman–Crippen MR) is 130 cm³/mol. The number of nitro benzene ring substituents is 1. The maximum atomic E-state index is 13.6. The summed E-state index contributed by atoms with van der Waals surface area (Å²) in [7, 11) is 0. The summed E-state index contributed by atoms with van der Waals surface area (Å²) >= 11 is 0. The molecular weight excluding hydrogens is 486 g/mol. The predicted octanol–water partition coefficient (Wildman–Crippen LogP) is 2.67. The summed E-state index contributed by atoms with van der Waals surface area (Å²) in [5.74, 6) is -4.55. The van der Waals surface area contributed by atoms with E-state index in [-0.39, 0.29) is 48.8 Å². The minimum Gasteiger partial charge on any atom is -0.463 e. The largest absolute Gasteiger partial charge is 0.463 e. The number of benzene rings is 1. The number of ether oxygens (including phenoxy) is 4. The van der Waals surface area contributed by atoms with Crippen LogP contribution < -0.4 is 5.32 Å². The second-order valence-corrected chi connectivity index (χ2v) is 8.57. The fourth-order valence-corrected chi connectivity index (χ4v) is 4.27. The van der Waals surface area contributed by atoms with Gasteiger partial charge in [-0.05, 0) is 40.2 Å². The van der Waals surface area contributed by atoms with Gasteiger partial charge in [0.25, 0.3) is 5.69 Å². The van der Waals surface area contributed by atoms with Crippen LogP contribution in [0.1, 0.15) is 52.5 Å². The number of esters is 2. The van der Waals surface area contributed by atoms with Gasteiger partial charge in [0.15, 0.2) is 0 Å². The average Bonchev–Trinajstić information content (AvgIpc) is 2.83. The molecule has 0 aliphatic carbocycles. The molecule has 0 saturated heterocycles. The molecule has 0 bridgehead atoms. The lowest BCUT2D eigenvalue weighted by molar-refractivity contribution is -0.385. The average molecular weight is 520 g/mol. The van der Waals surface area contributed by atoms with Crippen molar-refractivity contribution in [2.45, 2.75) is 65.1 Å². The van der Waals surface area contributed by atoms with Crippen molar-refractivity contribution in [3.8, 4) is 6.07 Å². The van der Waals surface area contributed by atoms with E-state index < -0.39 is 46.8 Å². The summed E-state index contributed by atoms with van der Waals surface area (Å²) in [5.41, 5.74) is -2.25. The molecule has 0 fully saturated rings. The highest BCUT2D eigenvalue weighted by atomic mass is 16.7. The van der Waals surface area contributed by atoms with Crippen molar-refractivity contribution >= 4 is 17.6 Å². The fourth-order valence-electron chi connectivity index (χ4n) is 4.27. The Hall–Kier alpha value is -3.53. The monoisotopic (exact) mass is 519 g/mol. The lowest BCUT2D eigenvalue weighted by Gasteiger charge is -2.48. The van der Waals surface area contributed by atoms with E-state index in [4.69, 9.17) is 24.2 Å². The molecule has 1 aliphatic heterocycles. The number of carbonyl (C=O) groups excluding carboxylic acids is 2. The second-order valence-electron chi connectivity index (χ2n) is 8.57. The highest BCUT2D eigenvalue weighted by molar-refractivity contribution is 5.93. The maximum Gasteiger partial charge on any atom is 0.336 e. The van der Waals surface area contributed by atoms with Crippen molar-refractivity contribution < 1.29 is 38.6 Å². The molecule has 1 aromatic rings. The van der Waals surface area contributed by atoms with E-state index in [2.05, 4.69) is 5.32 Å². The van der Waals surface area contributed by atoms with Crippen LogP contribution in [-0.2, 0) is 28.5 Å². The number of rotatable bonds is 12. The first-order chi connectivity index (χ1) is 17.5. The van der Waals surface area contributed by atoms with E-state index in [1.807, 2.05) is 6.07 Å². The van der Waals surface area contributed by atoms with Crippen LogP contribution in [0.2, 0.25) is 0 Å². The minimum atomic E-state index is -2.24. The van der Waals surface area contributed by atoms with Crippen molar-refractivity contribution in [1.29, 1.82) is 5.26 Å². The summed E-state index contributed by atoms with van der Waals surface area (Å²) in [6.45, 7) is 8.12. The molecule has 202 valence electrons. The van der Waals surface area contributed by atoms with Crippen molar-refractivity contribution in [3.63, 3.8) is 0 Å². The summed E-state index contributed by atoms with van der Waals surface area (Å²) in [5, 5.41) is 35.2. The number of nitrogens with zero attached hydrogens (tertiary/aromatic N) is 2. The normalized spacial score (nSPS) is 21.4. The fraction of sp³-hybridized carbons (Fsp3) is 0.560. The number of hydrogen-bond acceptors (Lipinski definition) is 11. The standard InChI is InChI=1S/C25H33N3O9/c1-6-34-24(35-7-2)25(31)21(23(30)37-15(3)4)20(17-10-8-11-18(14-17)28(32)33)19(16(5)27-25)22(29)36-13-9-12-26/h8,10-11,14-15,20-21,24,27,31H,6-7,9,13H2,1-5H3/t20-,21+,25+/m0/s1. The first kappa shape index (κ1) is 29.7. The van der Waals surface area contributed by atoms with Gasteiger partial charge >= 0.3 is 11.9 Å². The topological polar surface area (TPSA) is 170 Å². The molecule has 1 aromatic carbocycles. The van der Waals surface area contributed by atoms with E-state index in [1.165, 1.54) is 31.2 Å². The van der Waals surface area contributed by atoms with Crippen LogP contribution in [0, 0.1) is 27.4 Å². The van der Waals surface area contributed by atoms with Gasteiger partial charge in [-0.3, -0.25) is 14.9 Å². The van der Waals surface area contributed by atoms with Gasteiger partial charge in [0.1, 0.15) is 12.5 Å². The molecule has 0 amide bonds. The molecule has 0 saturated carbocycles. The number of nitriles is 1. The number of carbonyl (C=O) groups is 2. The van der Waals surface area contributed by atoms with Gasteiger partial charge in [-0.25, -0.2) is 4.79 Å². The lowest BCUT2D eigenvalue weighted by atomic mass is 9.71. The van der Waals surface area contributed by atoms with Crippen LogP contribution in [0.25, 0.3) is 0 Å². The molecule has 37 heavy (non-hydrogen) atoms. The van der Waals surface area contributed by atoms with Crippen molar-refractivity contribution in [3.05, 3.63) is 51.2 Å². The molecule has 0 aromatic heterocycles. The minimum absolute atomic E-state index is 0.0550. The number of aliphatic hydroxyl groups is 1. The molecule has 1 aliphatic rings. The molecule has 2 rings (SSSR count). The Labute approximate surface area is 215 Å². The SMILES string of the molecule is CCOC(OCC)[C@@]1(O)NC(C)=C(C(=O)OCCC#N)[C@H](c2cccc([N+](=O)[O-])c2)[C@@H]1C(=O)OC(C)C. The molecule has 12 nitrogen and oxygen atoms in total. The van der Waals surface area contributed by atoms with E-state index in [1.54, 1.807) is 27.7 Å². The molecule has 0 radical (unpaired) electrons. The Bertz CT molecular complexity index is 1060. The first-order valence-corrected chi connectivity index (χ1v) is 11.9. The Morgan fingerprint density at radius 1 is 1.27 bits per heavy atom. The smallest absolute Gasteiger partial charge is 0.336 e. The van der Waals surface area contributed by atoms with Crippen molar-refractivity contribution in [2.75, 3.05) is 19.8 Å². The number of non-ortho nitro benzene ring substituents is 1. The van der Waals surface area contributed by atoms with Gasteiger partial charge in [0, 0.05) is 37.0 Å². The van der Waals surface area contributed by atoms with E-state index in [0.29, 0.717) is 0 Å². The molecule has 3 atom stereocenters. The first-order valence-electron chi connectivity index (χ1n) is 11.9. The van der Waals surface area contributed by atoms with Crippen LogP contribution >= 0.6 is 0 Å². The Morgan fingerprint density at radius 3 is 2.46 bits per heavy atom. The van der Waals surface area contributed by atoms with Gasteiger partial charge in [0.2, 0.25) is 12.0 Å².